The molecule has 0 atom stereocenters. The van der Waals surface area contributed by atoms with Crippen molar-refractivity contribution in [2.24, 2.45) is 11.1 Å². The van der Waals surface area contributed by atoms with E-state index in [4.69, 9.17) is 5.14 Å². The first-order valence-electron chi connectivity index (χ1n) is 6.99. The van der Waals surface area contributed by atoms with Crippen LogP contribution in [0.15, 0.2) is 23.1 Å². The molecule has 2 saturated carbocycles. The van der Waals surface area contributed by atoms with Gasteiger partial charge in [-0.05, 0) is 49.8 Å². The molecule has 21 heavy (non-hydrogen) atoms. The van der Waals surface area contributed by atoms with E-state index in [-0.39, 0.29) is 16.5 Å². The Balaban J connectivity index is 1.97. The number of hydrogen-bond acceptors (Lipinski definition) is 3. The van der Waals surface area contributed by atoms with Crippen molar-refractivity contribution in [2.45, 2.75) is 36.6 Å². The molecule has 1 aromatic rings. The van der Waals surface area contributed by atoms with Gasteiger partial charge in [-0.1, -0.05) is 0 Å². The minimum absolute atomic E-state index is 0.148. The molecule has 0 bridgehead atoms. The molecule has 0 radical (unpaired) electrons. The summed E-state index contributed by atoms with van der Waals surface area (Å²) < 4.78 is 36.6. The van der Waals surface area contributed by atoms with E-state index in [1.165, 1.54) is 0 Å². The molecule has 5 nitrogen and oxygen atoms in total. The van der Waals surface area contributed by atoms with Crippen LogP contribution in [0.1, 0.15) is 36.0 Å². The number of sulfonamides is 1. The number of carbonyl (C=O) groups is 1. The lowest BCUT2D eigenvalue weighted by atomic mass is 10.1. The zero-order valence-corrected chi connectivity index (χ0v) is 12.3. The number of hydrogen-bond donors (Lipinski definition) is 1. The van der Waals surface area contributed by atoms with Gasteiger partial charge in [0.15, 0.2) is 0 Å². The Morgan fingerprint density at radius 2 is 1.95 bits per heavy atom. The van der Waals surface area contributed by atoms with Crippen molar-refractivity contribution < 1.29 is 17.6 Å². The molecule has 7 heteroatoms. The maximum atomic E-state index is 13.4. The van der Waals surface area contributed by atoms with Crippen LogP contribution in [0.25, 0.3) is 0 Å². The number of primary sulfonamides is 1. The Bertz CT molecular complexity index is 681. The minimum Gasteiger partial charge on any atom is -0.335 e. The van der Waals surface area contributed by atoms with E-state index in [1.54, 1.807) is 4.90 Å². The fourth-order valence-corrected chi connectivity index (χ4v) is 3.15. The van der Waals surface area contributed by atoms with Crippen molar-refractivity contribution in [3.63, 3.8) is 0 Å². The first kappa shape index (κ1) is 14.5. The highest BCUT2D eigenvalue weighted by molar-refractivity contribution is 7.89. The smallest absolute Gasteiger partial charge is 0.255 e. The van der Waals surface area contributed by atoms with E-state index in [1.807, 2.05) is 0 Å². The fourth-order valence-electron chi connectivity index (χ4n) is 2.43. The van der Waals surface area contributed by atoms with Crippen LogP contribution in [0, 0.1) is 11.7 Å². The van der Waals surface area contributed by atoms with Crippen molar-refractivity contribution in [1.82, 2.24) is 4.90 Å². The van der Waals surface area contributed by atoms with E-state index < -0.39 is 21.7 Å². The number of nitrogens with zero attached hydrogens (tertiary/aromatic N) is 1. The van der Waals surface area contributed by atoms with Gasteiger partial charge in [0.2, 0.25) is 10.0 Å². The summed E-state index contributed by atoms with van der Waals surface area (Å²) in [6, 6.07) is 3.17. The monoisotopic (exact) mass is 312 g/mol. The van der Waals surface area contributed by atoms with E-state index in [0.717, 1.165) is 43.9 Å². The summed E-state index contributed by atoms with van der Waals surface area (Å²) in [4.78, 5) is 14.0. The van der Waals surface area contributed by atoms with Gasteiger partial charge in [-0.25, -0.2) is 17.9 Å². The molecule has 1 aromatic carbocycles. The second-order valence-corrected chi connectivity index (χ2v) is 7.35. The average molecular weight is 312 g/mol. The van der Waals surface area contributed by atoms with Crippen molar-refractivity contribution in [3.05, 3.63) is 29.6 Å². The number of amides is 1. The number of carbonyl (C=O) groups excluding carboxylic acids is 1. The molecule has 114 valence electrons. The summed E-state index contributed by atoms with van der Waals surface area (Å²) in [6.45, 7) is 0.615. The summed E-state index contributed by atoms with van der Waals surface area (Å²) in [5.41, 5.74) is -0.162. The number of benzene rings is 1. The second-order valence-electron chi connectivity index (χ2n) is 5.82. The van der Waals surface area contributed by atoms with Crippen LogP contribution in [-0.2, 0) is 10.0 Å². The fraction of sp³-hybridized carbons (Fsp3) is 0.500. The molecule has 1 amide bonds. The number of halogens is 1. The molecule has 2 N–H and O–H groups in total. The van der Waals surface area contributed by atoms with Crippen molar-refractivity contribution in [1.29, 1.82) is 0 Å². The Morgan fingerprint density at radius 1 is 1.29 bits per heavy atom. The van der Waals surface area contributed by atoms with Crippen LogP contribution >= 0.6 is 0 Å². The lowest BCUT2D eigenvalue weighted by Gasteiger charge is -2.23. The van der Waals surface area contributed by atoms with Gasteiger partial charge in [0, 0.05) is 12.6 Å². The first-order chi connectivity index (χ1) is 9.86. The highest BCUT2D eigenvalue weighted by Crippen LogP contribution is 2.36. The van der Waals surface area contributed by atoms with Crippen molar-refractivity contribution >= 4 is 15.9 Å². The van der Waals surface area contributed by atoms with Crippen LogP contribution in [0.5, 0.6) is 0 Å². The number of nitrogens with two attached hydrogens (primary N) is 1. The predicted molar refractivity (Wildman–Crippen MR) is 74.6 cm³/mol. The summed E-state index contributed by atoms with van der Waals surface area (Å²) in [6.07, 6.45) is 4.00. The maximum absolute atomic E-state index is 13.4. The van der Waals surface area contributed by atoms with E-state index in [0.29, 0.717) is 12.5 Å². The Hall–Kier alpha value is -1.47. The van der Waals surface area contributed by atoms with Gasteiger partial charge in [-0.3, -0.25) is 4.79 Å². The third-order valence-corrected chi connectivity index (χ3v) is 4.85. The van der Waals surface area contributed by atoms with Gasteiger partial charge < -0.3 is 4.90 Å². The molecular formula is C14H17FN2O3S. The highest BCUT2D eigenvalue weighted by Gasteiger charge is 2.38. The Labute approximate surface area is 123 Å². The topological polar surface area (TPSA) is 80.5 Å². The molecule has 0 spiro atoms. The molecule has 0 saturated heterocycles. The molecule has 0 aliphatic heterocycles. The van der Waals surface area contributed by atoms with Gasteiger partial charge in [0.05, 0.1) is 10.5 Å². The first-order valence-corrected chi connectivity index (χ1v) is 8.54. The van der Waals surface area contributed by atoms with Gasteiger partial charge in [-0.15, -0.1) is 0 Å². The Kier molecular flexibility index (Phi) is 3.49. The standard InChI is InChI=1S/C14H17FN2O3S/c15-10-3-6-13(21(16,19)20)12(7-10)14(18)17(11-4-5-11)8-9-1-2-9/h3,6-7,9,11H,1-2,4-5,8H2,(H2,16,19,20). The van der Waals surface area contributed by atoms with Crippen LogP contribution in [0.2, 0.25) is 0 Å². The SMILES string of the molecule is NS(=O)(=O)c1ccc(F)cc1C(=O)N(CC1CC1)C1CC1. The summed E-state index contributed by atoms with van der Waals surface area (Å²) in [5.74, 6) is -0.595. The van der Waals surface area contributed by atoms with E-state index in [2.05, 4.69) is 0 Å². The molecule has 2 aliphatic carbocycles. The third-order valence-electron chi connectivity index (χ3n) is 3.88. The largest absolute Gasteiger partial charge is 0.335 e. The van der Waals surface area contributed by atoms with Crippen LogP contribution in [0.3, 0.4) is 0 Å². The zero-order valence-electron chi connectivity index (χ0n) is 11.5. The quantitative estimate of drug-likeness (QED) is 0.894. The van der Waals surface area contributed by atoms with Gasteiger partial charge in [-0.2, -0.15) is 0 Å². The van der Waals surface area contributed by atoms with Gasteiger partial charge >= 0.3 is 0 Å². The Morgan fingerprint density at radius 3 is 2.48 bits per heavy atom. The summed E-state index contributed by atoms with van der Waals surface area (Å²) in [7, 11) is -4.06. The second kappa shape index (κ2) is 5.06. The van der Waals surface area contributed by atoms with Crippen molar-refractivity contribution in [2.75, 3.05) is 6.54 Å². The number of rotatable bonds is 5. The molecular weight excluding hydrogens is 295 g/mol. The van der Waals surface area contributed by atoms with Gasteiger partial charge in [0.1, 0.15) is 5.82 Å². The lowest BCUT2D eigenvalue weighted by molar-refractivity contribution is 0.0730. The minimum atomic E-state index is -4.06. The lowest BCUT2D eigenvalue weighted by Crippen LogP contribution is -2.36. The predicted octanol–water partition coefficient (Wildman–Crippen LogP) is 1.49. The van der Waals surface area contributed by atoms with Crippen LogP contribution < -0.4 is 5.14 Å². The summed E-state index contributed by atoms with van der Waals surface area (Å²) >= 11 is 0. The van der Waals surface area contributed by atoms with E-state index in [9.17, 15) is 17.6 Å². The van der Waals surface area contributed by atoms with Crippen LogP contribution in [0.4, 0.5) is 4.39 Å². The molecule has 0 aromatic heterocycles. The molecule has 2 aliphatic rings. The highest BCUT2D eigenvalue weighted by atomic mass is 32.2. The molecule has 2 fully saturated rings. The maximum Gasteiger partial charge on any atom is 0.255 e. The zero-order chi connectivity index (χ0) is 15.2. The van der Waals surface area contributed by atoms with Gasteiger partial charge in [0.25, 0.3) is 5.91 Å². The molecule has 0 heterocycles. The van der Waals surface area contributed by atoms with E-state index >= 15 is 0 Å². The third kappa shape index (κ3) is 3.24. The summed E-state index contributed by atoms with van der Waals surface area (Å²) in [5, 5.41) is 5.13. The van der Waals surface area contributed by atoms with Crippen molar-refractivity contribution in [3.8, 4) is 0 Å². The molecule has 0 unspecified atom stereocenters. The molecule has 3 rings (SSSR count). The normalized spacial score (nSPS) is 18.6. The average Bonchev–Trinajstić information content (AvgIpc) is 3.25. The van der Waals surface area contributed by atoms with Crippen LogP contribution in [-0.4, -0.2) is 31.8 Å².